The van der Waals surface area contributed by atoms with Gasteiger partial charge in [0.1, 0.15) is 5.82 Å². The summed E-state index contributed by atoms with van der Waals surface area (Å²) in [6, 6.07) is 10.1. The predicted molar refractivity (Wildman–Crippen MR) is 89.1 cm³/mol. The monoisotopic (exact) mass is 399 g/mol. The van der Waals surface area contributed by atoms with E-state index in [-0.39, 0.29) is 5.56 Å². The molecule has 0 bridgehead atoms. The van der Waals surface area contributed by atoms with Crippen LogP contribution in [-0.2, 0) is 9.53 Å². The van der Waals surface area contributed by atoms with Gasteiger partial charge in [-0.15, -0.1) is 0 Å². The van der Waals surface area contributed by atoms with Crippen LogP contribution in [0.5, 0.6) is 0 Å². The summed E-state index contributed by atoms with van der Waals surface area (Å²) in [6.45, 7) is 1.43. The minimum Gasteiger partial charge on any atom is -0.449 e. The zero-order chi connectivity index (χ0) is 17.0. The summed E-state index contributed by atoms with van der Waals surface area (Å²) in [5, 5.41) is 3.13. The number of rotatable bonds is 4. The second-order valence-electron chi connectivity index (χ2n) is 4.67. The zero-order valence-electron chi connectivity index (χ0n) is 12.0. The lowest BCUT2D eigenvalue weighted by molar-refractivity contribution is -0.123. The summed E-state index contributed by atoms with van der Waals surface area (Å²) in [4.78, 5) is 24.0. The van der Waals surface area contributed by atoms with Gasteiger partial charge >= 0.3 is 5.97 Å². The molecule has 4 nitrogen and oxygen atoms in total. The molecule has 0 aliphatic rings. The highest BCUT2D eigenvalue weighted by atomic mass is 79.9. The molecule has 2 aromatic rings. The van der Waals surface area contributed by atoms with Gasteiger partial charge in [-0.3, -0.25) is 4.79 Å². The van der Waals surface area contributed by atoms with Crippen molar-refractivity contribution < 1.29 is 18.7 Å². The molecule has 1 atom stereocenters. The molecule has 0 saturated carbocycles. The molecule has 2 rings (SSSR count). The minimum absolute atomic E-state index is 0.0103. The average molecular weight is 401 g/mol. The van der Waals surface area contributed by atoms with Crippen molar-refractivity contribution in [1.29, 1.82) is 0 Å². The smallest absolute Gasteiger partial charge is 0.340 e. The Bertz CT molecular complexity index is 737. The Morgan fingerprint density at radius 1 is 1.22 bits per heavy atom. The molecule has 1 amide bonds. The van der Waals surface area contributed by atoms with Crippen molar-refractivity contribution in [3.63, 3.8) is 0 Å². The van der Waals surface area contributed by atoms with E-state index < -0.39 is 23.8 Å². The molecule has 0 aliphatic heterocycles. The quantitative estimate of drug-likeness (QED) is 0.773. The summed E-state index contributed by atoms with van der Waals surface area (Å²) in [5.41, 5.74) is 0.533. The van der Waals surface area contributed by atoms with E-state index in [4.69, 9.17) is 16.3 Å². The number of hydrogen-bond donors (Lipinski definition) is 1. The fourth-order valence-corrected chi connectivity index (χ4v) is 2.24. The maximum Gasteiger partial charge on any atom is 0.340 e. The number of anilines is 1. The zero-order valence-corrected chi connectivity index (χ0v) is 14.3. The average Bonchev–Trinajstić information content (AvgIpc) is 2.51. The molecule has 0 radical (unpaired) electrons. The number of nitrogens with one attached hydrogen (secondary N) is 1. The van der Waals surface area contributed by atoms with Crippen LogP contribution in [0, 0.1) is 5.82 Å². The van der Waals surface area contributed by atoms with Crippen LogP contribution in [0.2, 0.25) is 5.02 Å². The summed E-state index contributed by atoms with van der Waals surface area (Å²) in [6.07, 6.45) is -1.05. The number of ether oxygens (including phenoxy) is 1. The van der Waals surface area contributed by atoms with Crippen molar-refractivity contribution in [1.82, 2.24) is 0 Å². The third kappa shape index (κ3) is 4.77. The van der Waals surface area contributed by atoms with Gasteiger partial charge in [0.2, 0.25) is 0 Å². The first-order valence-electron chi connectivity index (χ1n) is 6.59. The van der Waals surface area contributed by atoms with Crippen molar-refractivity contribution in [3.05, 3.63) is 63.3 Å². The third-order valence-electron chi connectivity index (χ3n) is 2.91. The molecule has 0 fully saturated rings. The molecule has 1 N–H and O–H groups in total. The Labute approximate surface area is 145 Å². The van der Waals surface area contributed by atoms with Gasteiger partial charge in [0.05, 0.1) is 5.56 Å². The van der Waals surface area contributed by atoms with Crippen molar-refractivity contribution in [2.75, 3.05) is 5.32 Å². The van der Waals surface area contributed by atoms with Crippen molar-refractivity contribution in [2.45, 2.75) is 13.0 Å². The Hall–Kier alpha value is -1.92. The maximum atomic E-state index is 13.2. The van der Waals surface area contributed by atoms with Gasteiger partial charge in [-0.2, -0.15) is 0 Å². The van der Waals surface area contributed by atoms with Gasteiger partial charge < -0.3 is 10.1 Å². The standard InChI is InChI=1S/C16H12BrClFNO3/c1-9(15(21)20-12-5-2-10(18)3-6-12)23-16(22)13-8-11(19)4-7-14(13)17/h2-9H,1H3,(H,20,21)/t9-/m0/s1. The van der Waals surface area contributed by atoms with Crippen LogP contribution in [0.15, 0.2) is 46.9 Å². The van der Waals surface area contributed by atoms with Crippen molar-refractivity contribution >= 4 is 45.1 Å². The van der Waals surface area contributed by atoms with Gasteiger partial charge in [-0.25, -0.2) is 9.18 Å². The number of benzene rings is 2. The molecule has 7 heteroatoms. The minimum atomic E-state index is -1.05. The molecule has 0 aliphatic carbocycles. The topological polar surface area (TPSA) is 55.4 Å². The first-order valence-corrected chi connectivity index (χ1v) is 7.76. The van der Waals surface area contributed by atoms with E-state index in [1.54, 1.807) is 24.3 Å². The lowest BCUT2D eigenvalue weighted by Gasteiger charge is -2.14. The van der Waals surface area contributed by atoms with E-state index >= 15 is 0 Å². The Morgan fingerprint density at radius 3 is 2.52 bits per heavy atom. The van der Waals surface area contributed by atoms with Gasteiger partial charge in [-0.1, -0.05) is 11.6 Å². The number of halogens is 3. The van der Waals surface area contributed by atoms with Crippen LogP contribution < -0.4 is 5.32 Å². The van der Waals surface area contributed by atoms with Crippen LogP contribution >= 0.6 is 27.5 Å². The van der Waals surface area contributed by atoms with Crippen LogP contribution in [0.4, 0.5) is 10.1 Å². The maximum absolute atomic E-state index is 13.2. The highest BCUT2D eigenvalue weighted by Crippen LogP contribution is 2.20. The largest absolute Gasteiger partial charge is 0.449 e. The Morgan fingerprint density at radius 2 is 1.87 bits per heavy atom. The van der Waals surface area contributed by atoms with Crippen molar-refractivity contribution in [2.24, 2.45) is 0 Å². The molecule has 0 saturated heterocycles. The molecule has 2 aromatic carbocycles. The Balaban J connectivity index is 2.01. The lowest BCUT2D eigenvalue weighted by atomic mass is 10.2. The molecular weight excluding hydrogens is 389 g/mol. The van der Waals surface area contributed by atoms with E-state index in [1.807, 2.05) is 0 Å². The van der Waals surface area contributed by atoms with Gasteiger partial charge in [-0.05, 0) is 65.3 Å². The van der Waals surface area contributed by atoms with E-state index in [1.165, 1.54) is 19.1 Å². The summed E-state index contributed by atoms with van der Waals surface area (Å²) >= 11 is 8.90. The number of hydrogen-bond acceptors (Lipinski definition) is 3. The molecule has 0 unspecified atom stereocenters. The highest BCUT2D eigenvalue weighted by Gasteiger charge is 2.21. The van der Waals surface area contributed by atoms with Crippen LogP contribution in [0.1, 0.15) is 17.3 Å². The van der Waals surface area contributed by atoms with Crippen molar-refractivity contribution in [3.8, 4) is 0 Å². The molecule has 120 valence electrons. The van der Waals surface area contributed by atoms with Gasteiger partial charge in [0.25, 0.3) is 5.91 Å². The molecular formula is C16H12BrClFNO3. The molecule has 0 spiro atoms. The van der Waals surface area contributed by atoms with Crippen LogP contribution in [-0.4, -0.2) is 18.0 Å². The second kappa shape index (κ2) is 7.57. The predicted octanol–water partition coefficient (Wildman–Crippen LogP) is 4.43. The number of carbonyl (C=O) groups is 2. The molecule has 0 aromatic heterocycles. The fraction of sp³-hybridized carbons (Fsp3) is 0.125. The molecule has 0 heterocycles. The second-order valence-corrected chi connectivity index (χ2v) is 5.96. The van der Waals surface area contributed by atoms with Crippen LogP contribution in [0.25, 0.3) is 0 Å². The summed E-state index contributed by atoms with van der Waals surface area (Å²) < 4.78 is 18.6. The van der Waals surface area contributed by atoms with Crippen LogP contribution in [0.3, 0.4) is 0 Å². The normalized spacial score (nSPS) is 11.7. The highest BCUT2D eigenvalue weighted by molar-refractivity contribution is 9.10. The first-order chi connectivity index (χ1) is 10.9. The first kappa shape index (κ1) is 17.4. The number of amides is 1. The number of carbonyl (C=O) groups excluding carboxylic acids is 2. The Kier molecular flexibility index (Phi) is 5.74. The summed E-state index contributed by atoms with van der Waals surface area (Å²) in [7, 11) is 0. The third-order valence-corrected chi connectivity index (χ3v) is 3.86. The lowest BCUT2D eigenvalue weighted by Crippen LogP contribution is -2.30. The van der Waals surface area contributed by atoms with E-state index in [2.05, 4.69) is 21.2 Å². The van der Waals surface area contributed by atoms with E-state index in [9.17, 15) is 14.0 Å². The van der Waals surface area contributed by atoms with E-state index in [0.29, 0.717) is 15.2 Å². The van der Waals surface area contributed by atoms with Gasteiger partial charge in [0, 0.05) is 15.2 Å². The van der Waals surface area contributed by atoms with Gasteiger partial charge in [0.15, 0.2) is 6.10 Å². The molecule has 23 heavy (non-hydrogen) atoms. The number of esters is 1. The fourth-order valence-electron chi connectivity index (χ4n) is 1.71. The summed E-state index contributed by atoms with van der Waals surface area (Å²) in [5.74, 6) is -1.87. The van der Waals surface area contributed by atoms with E-state index in [0.717, 1.165) is 6.07 Å². The SMILES string of the molecule is C[C@H](OC(=O)c1cc(F)ccc1Br)C(=O)Nc1ccc(Cl)cc1.